The second-order valence-corrected chi connectivity index (χ2v) is 6.33. The summed E-state index contributed by atoms with van der Waals surface area (Å²) in [5, 5.41) is 0.577. The lowest BCUT2D eigenvalue weighted by Crippen LogP contribution is -2.68. The van der Waals surface area contributed by atoms with Crippen molar-refractivity contribution in [2.75, 3.05) is 13.6 Å². The molecule has 1 amide bonds. The van der Waals surface area contributed by atoms with Gasteiger partial charge in [0, 0.05) is 19.5 Å². The van der Waals surface area contributed by atoms with E-state index in [0.717, 1.165) is 13.0 Å². The molecule has 94 valence electrons. The van der Waals surface area contributed by atoms with Crippen molar-refractivity contribution in [3.8, 4) is 0 Å². The Balaban J connectivity index is 2.57. The molecule has 0 saturated carbocycles. The molecule has 2 heterocycles. The first-order chi connectivity index (χ1) is 7.78. The summed E-state index contributed by atoms with van der Waals surface area (Å²) in [7, 11) is 1.74. The van der Waals surface area contributed by atoms with Gasteiger partial charge < -0.3 is 4.90 Å². The van der Waals surface area contributed by atoms with Crippen molar-refractivity contribution < 1.29 is 4.79 Å². The molecule has 0 unspecified atom stereocenters. The number of thiocarbonyl (C=S) groups is 1. The molecule has 2 rings (SSSR count). The number of hydrogen-bond acceptors (Lipinski definition) is 3. The highest BCUT2D eigenvalue weighted by Crippen LogP contribution is 2.54. The van der Waals surface area contributed by atoms with Crippen LogP contribution in [0.5, 0.6) is 0 Å². The van der Waals surface area contributed by atoms with Gasteiger partial charge in [-0.3, -0.25) is 9.69 Å². The molecule has 2 saturated heterocycles. The van der Waals surface area contributed by atoms with Crippen LogP contribution in [0.25, 0.3) is 0 Å². The van der Waals surface area contributed by atoms with Crippen molar-refractivity contribution in [3.05, 3.63) is 12.7 Å². The Hall–Kier alpha value is -0.550. The molecule has 5 heteroatoms. The highest BCUT2D eigenvalue weighted by Gasteiger charge is 2.63. The molecule has 2 atom stereocenters. The van der Waals surface area contributed by atoms with Crippen molar-refractivity contribution in [1.82, 2.24) is 9.80 Å². The van der Waals surface area contributed by atoms with Gasteiger partial charge in [0.15, 0.2) is 5.11 Å². The smallest absolute Gasteiger partial charge is 0.237 e. The number of fused-ring (bicyclic) bond motifs is 1. The molecule has 0 bridgehead atoms. The van der Waals surface area contributed by atoms with Gasteiger partial charge in [-0.05, 0) is 32.5 Å². The Morgan fingerprint density at radius 1 is 1.59 bits per heavy atom. The number of carbonyl (C=O) groups excluding carboxylic acids is 1. The largest absolute Gasteiger partial charge is 0.333 e. The van der Waals surface area contributed by atoms with E-state index in [1.54, 1.807) is 11.9 Å². The van der Waals surface area contributed by atoms with Crippen LogP contribution in [-0.2, 0) is 4.79 Å². The summed E-state index contributed by atoms with van der Waals surface area (Å²) in [6, 6.07) is 0. The molecule has 0 spiro atoms. The molecule has 0 aliphatic carbocycles. The van der Waals surface area contributed by atoms with Crippen molar-refractivity contribution in [3.63, 3.8) is 0 Å². The van der Waals surface area contributed by atoms with E-state index in [1.165, 1.54) is 0 Å². The third kappa shape index (κ3) is 1.35. The zero-order valence-electron chi connectivity index (χ0n) is 10.4. The molecule has 0 N–H and O–H groups in total. The number of hydrogen-bond donors (Lipinski definition) is 1. The summed E-state index contributed by atoms with van der Waals surface area (Å²) in [5.74, 6) is 0.207. The lowest BCUT2D eigenvalue weighted by molar-refractivity contribution is -0.143. The van der Waals surface area contributed by atoms with Gasteiger partial charge in [0.1, 0.15) is 4.87 Å². The van der Waals surface area contributed by atoms with Crippen molar-refractivity contribution in [1.29, 1.82) is 0 Å². The first-order valence-corrected chi connectivity index (χ1v) is 6.58. The summed E-state index contributed by atoms with van der Waals surface area (Å²) in [4.78, 5) is 15.5. The van der Waals surface area contributed by atoms with Gasteiger partial charge >= 0.3 is 0 Å². The zero-order chi connectivity index (χ0) is 13.0. The highest BCUT2D eigenvalue weighted by atomic mass is 32.1. The minimum absolute atomic E-state index is 0.0301. The molecular formula is C12H18N2OS2. The number of thiol groups is 1. The van der Waals surface area contributed by atoms with Gasteiger partial charge in [0.2, 0.25) is 5.91 Å². The van der Waals surface area contributed by atoms with Gasteiger partial charge in [-0.15, -0.1) is 19.2 Å². The molecule has 0 aromatic heterocycles. The summed E-state index contributed by atoms with van der Waals surface area (Å²) < 4.78 is 0. The van der Waals surface area contributed by atoms with E-state index in [2.05, 4.69) is 11.5 Å². The second kappa shape index (κ2) is 3.72. The molecular weight excluding hydrogens is 252 g/mol. The maximum atomic E-state index is 12.4. The van der Waals surface area contributed by atoms with Crippen LogP contribution < -0.4 is 0 Å². The molecule has 0 radical (unpaired) electrons. The van der Waals surface area contributed by atoms with Gasteiger partial charge in [0.25, 0.3) is 0 Å². The van der Waals surface area contributed by atoms with Crippen LogP contribution in [0.2, 0.25) is 0 Å². The average Bonchev–Trinajstić information content (AvgIpc) is 2.63. The van der Waals surface area contributed by atoms with Crippen LogP contribution in [0, 0.1) is 11.3 Å². The fourth-order valence-corrected chi connectivity index (χ4v) is 3.92. The molecule has 0 aromatic carbocycles. The Bertz CT molecular complexity index is 407. The Morgan fingerprint density at radius 2 is 2.18 bits per heavy atom. The number of rotatable bonds is 1. The van der Waals surface area contributed by atoms with E-state index in [0.29, 0.717) is 5.11 Å². The molecule has 2 fully saturated rings. The standard InChI is InChI=1S/C12H18N2OS2/c1-5-8-6-7-14-10(16)13(4)9(15)11(2,3)12(8,14)17/h5,8,17H,1,6-7H2,2-4H3/t8-,12-/m1/s1. The minimum Gasteiger partial charge on any atom is -0.333 e. The summed E-state index contributed by atoms with van der Waals surface area (Å²) in [5.41, 5.74) is -0.581. The number of carbonyl (C=O) groups is 1. The lowest BCUT2D eigenvalue weighted by atomic mass is 9.74. The molecule has 17 heavy (non-hydrogen) atoms. The topological polar surface area (TPSA) is 23.6 Å². The van der Waals surface area contributed by atoms with Crippen molar-refractivity contribution >= 4 is 35.9 Å². The van der Waals surface area contributed by atoms with E-state index in [1.807, 2.05) is 19.9 Å². The SMILES string of the molecule is C=C[C@@H]1CCN2C(=S)N(C)C(=O)C(C)(C)[C@]12S. The fraction of sp³-hybridized carbons (Fsp3) is 0.667. The minimum atomic E-state index is -0.581. The van der Waals surface area contributed by atoms with Crippen molar-refractivity contribution in [2.45, 2.75) is 25.1 Å². The molecule has 3 nitrogen and oxygen atoms in total. The maximum Gasteiger partial charge on any atom is 0.237 e. The highest BCUT2D eigenvalue weighted by molar-refractivity contribution is 7.82. The van der Waals surface area contributed by atoms with Crippen LogP contribution in [0.15, 0.2) is 12.7 Å². The van der Waals surface area contributed by atoms with Gasteiger partial charge in [0.05, 0.1) is 5.41 Å². The first-order valence-electron chi connectivity index (χ1n) is 5.73. The normalized spacial score (nSPS) is 36.1. The quantitative estimate of drug-likeness (QED) is 0.447. The second-order valence-electron chi connectivity index (χ2n) is 5.28. The van der Waals surface area contributed by atoms with E-state index < -0.39 is 10.3 Å². The third-order valence-corrected chi connectivity index (χ3v) is 5.78. The average molecular weight is 270 g/mol. The van der Waals surface area contributed by atoms with Gasteiger partial charge in [-0.1, -0.05) is 6.08 Å². The molecule has 2 aliphatic rings. The van der Waals surface area contributed by atoms with E-state index in [9.17, 15) is 4.79 Å². The maximum absolute atomic E-state index is 12.4. The predicted octanol–water partition coefficient (Wildman–Crippen LogP) is 1.90. The Morgan fingerprint density at radius 3 is 2.71 bits per heavy atom. The number of amides is 1. The zero-order valence-corrected chi connectivity index (χ0v) is 12.1. The lowest BCUT2D eigenvalue weighted by Gasteiger charge is -2.54. The molecule has 2 aliphatic heterocycles. The predicted molar refractivity (Wildman–Crippen MR) is 75.9 cm³/mol. The fourth-order valence-electron chi connectivity index (χ4n) is 3.01. The van der Waals surface area contributed by atoms with Crippen molar-refractivity contribution in [2.24, 2.45) is 11.3 Å². The monoisotopic (exact) mass is 270 g/mol. The first kappa shape index (κ1) is 12.9. The van der Waals surface area contributed by atoms with E-state index in [4.69, 9.17) is 24.8 Å². The van der Waals surface area contributed by atoms with Crippen LogP contribution >= 0.6 is 24.8 Å². The van der Waals surface area contributed by atoms with Crippen LogP contribution in [0.4, 0.5) is 0 Å². The van der Waals surface area contributed by atoms with Gasteiger partial charge in [-0.2, -0.15) is 0 Å². The summed E-state index contributed by atoms with van der Waals surface area (Å²) >= 11 is 10.2. The Kier molecular flexibility index (Phi) is 2.82. The summed E-state index contributed by atoms with van der Waals surface area (Å²) in [6.45, 7) is 8.58. The van der Waals surface area contributed by atoms with Crippen LogP contribution in [-0.4, -0.2) is 39.3 Å². The third-order valence-electron chi connectivity index (χ3n) is 4.15. The van der Waals surface area contributed by atoms with Gasteiger partial charge in [-0.25, -0.2) is 0 Å². The van der Waals surface area contributed by atoms with E-state index >= 15 is 0 Å². The summed E-state index contributed by atoms with van der Waals surface area (Å²) in [6.07, 6.45) is 2.84. The number of nitrogens with zero attached hydrogens (tertiary/aromatic N) is 2. The van der Waals surface area contributed by atoms with Crippen LogP contribution in [0.3, 0.4) is 0 Å². The van der Waals surface area contributed by atoms with Crippen LogP contribution in [0.1, 0.15) is 20.3 Å². The molecule has 0 aromatic rings. The van der Waals surface area contributed by atoms with E-state index in [-0.39, 0.29) is 11.8 Å². The Labute approximate surface area is 113 Å².